The zero-order valence-corrected chi connectivity index (χ0v) is 22.8. The van der Waals surface area contributed by atoms with Crippen molar-refractivity contribution < 1.29 is 14.5 Å². The molecule has 1 saturated carbocycles. The van der Waals surface area contributed by atoms with Crippen molar-refractivity contribution in [1.29, 1.82) is 0 Å². The normalized spacial score (nSPS) is 24.1. The van der Waals surface area contributed by atoms with Gasteiger partial charge in [0.05, 0.1) is 33.4 Å². The number of nitro groups is 1. The third-order valence-corrected chi connectivity index (χ3v) is 9.64. The average Bonchev–Trinajstić information content (AvgIpc) is 3.20. The van der Waals surface area contributed by atoms with Crippen LogP contribution < -0.4 is 5.32 Å². The van der Waals surface area contributed by atoms with E-state index in [2.05, 4.69) is 5.32 Å². The first-order valence-corrected chi connectivity index (χ1v) is 13.9. The molecule has 10 heteroatoms. The summed E-state index contributed by atoms with van der Waals surface area (Å²) in [5, 5.41) is 15.9. The molecule has 0 spiro atoms. The summed E-state index contributed by atoms with van der Waals surface area (Å²) >= 11 is 21.4. The summed E-state index contributed by atoms with van der Waals surface area (Å²) in [5.41, 5.74) is 3.23. The molecule has 1 heterocycles. The molecule has 3 aromatic carbocycles. The Morgan fingerprint density at radius 2 is 1.92 bits per heavy atom. The number of hydrogen-bond donors (Lipinski definition) is 1. The number of rotatable bonds is 6. The molecule has 37 heavy (non-hydrogen) atoms. The minimum Gasteiger partial charge on any atom is -0.462 e. The van der Waals surface area contributed by atoms with Gasteiger partial charge in [-0.1, -0.05) is 41.4 Å². The summed E-state index contributed by atoms with van der Waals surface area (Å²) < 4.78 is 5.22. The third kappa shape index (κ3) is 5.02. The molecule has 6 nitrogen and oxygen atoms in total. The highest BCUT2D eigenvalue weighted by molar-refractivity contribution is 8.00. The lowest BCUT2D eigenvalue weighted by Crippen LogP contribution is -2.31. The van der Waals surface area contributed by atoms with E-state index in [0.29, 0.717) is 26.9 Å². The maximum Gasteiger partial charge on any atom is 0.338 e. The summed E-state index contributed by atoms with van der Waals surface area (Å²) in [5.74, 6) is -0.490. The molecule has 0 radical (unpaired) electrons. The zero-order chi connectivity index (χ0) is 26.3. The largest absolute Gasteiger partial charge is 0.462 e. The number of nitrogens with one attached hydrogen (secondary N) is 1. The van der Waals surface area contributed by atoms with Gasteiger partial charge in [-0.2, -0.15) is 0 Å². The van der Waals surface area contributed by atoms with Crippen LogP contribution in [0, 0.1) is 16.0 Å². The van der Waals surface area contributed by atoms with Crippen LogP contribution in [0.25, 0.3) is 0 Å². The molecule has 5 atom stereocenters. The standard InChI is InChI=1S/C27H23Cl3N2O4S/c1-2-36-27(33)14-7-10-20-17(11-14)24-18(26(31-20)16-9-8-15(28)12-19(16)29)13-23(25(24)30)37-22-6-4-3-5-21(22)32(34)35/h3-12,18,23-26,31H,2,13H2,1H3/t18-,23-,24+,25-,26-/m1/s1. The van der Waals surface area contributed by atoms with Gasteiger partial charge < -0.3 is 10.1 Å². The molecule has 1 N–H and O–H groups in total. The highest BCUT2D eigenvalue weighted by Gasteiger charge is 2.51. The van der Waals surface area contributed by atoms with Gasteiger partial charge in [-0.25, -0.2) is 4.79 Å². The lowest BCUT2D eigenvalue weighted by atomic mass is 9.77. The van der Waals surface area contributed by atoms with Crippen molar-refractivity contribution in [2.24, 2.45) is 5.92 Å². The Hall–Kier alpha value is -2.45. The second kappa shape index (κ2) is 10.7. The maximum atomic E-state index is 12.5. The molecular formula is C27H23Cl3N2O4S. The van der Waals surface area contributed by atoms with E-state index in [1.807, 2.05) is 24.3 Å². The number of alkyl halides is 1. The Morgan fingerprint density at radius 1 is 1.14 bits per heavy atom. The van der Waals surface area contributed by atoms with E-state index in [9.17, 15) is 14.9 Å². The number of carbonyl (C=O) groups is 1. The summed E-state index contributed by atoms with van der Waals surface area (Å²) in [6, 6.07) is 17.5. The number of benzene rings is 3. The minimum absolute atomic E-state index is 0.0198. The average molecular weight is 578 g/mol. The number of ether oxygens (including phenoxy) is 1. The van der Waals surface area contributed by atoms with Crippen molar-refractivity contribution in [2.75, 3.05) is 11.9 Å². The quantitative estimate of drug-likeness (QED) is 0.138. The molecular weight excluding hydrogens is 555 g/mol. The lowest BCUT2D eigenvalue weighted by Gasteiger charge is -2.39. The summed E-state index contributed by atoms with van der Waals surface area (Å²) in [7, 11) is 0. The predicted molar refractivity (Wildman–Crippen MR) is 148 cm³/mol. The van der Waals surface area contributed by atoms with Crippen molar-refractivity contribution in [3.63, 3.8) is 0 Å². The minimum atomic E-state index is -0.389. The van der Waals surface area contributed by atoms with Crippen LogP contribution in [0.15, 0.2) is 65.6 Å². The molecule has 0 amide bonds. The van der Waals surface area contributed by atoms with E-state index >= 15 is 0 Å². The summed E-state index contributed by atoms with van der Waals surface area (Å²) in [4.78, 5) is 24.3. The number of thioether (sulfide) groups is 1. The van der Waals surface area contributed by atoms with E-state index < -0.39 is 0 Å². The van der Waals surface area contributed by atoms with Gasteiger partial charge in [-0.15, -0.1) is 23.4 Å². The number of nitro benzene ring substituents is 1. The number of hydrogen-bond acceptors (Lipinski definition) is 6. The molecule has 2 aliphatic rings. The summed E-state index contributed by atoms with van der Waals surface area (Å²) in [6.45, 7) is 2.05. The number of anilines is 1. The Labute approximate surface area is 233 Å². The van der Waals surface area contributed by atoms with Crippen LogP contribution in [0.2, 0.25) is 10.0 Å². The first-order chi connectivity index (χ1) is 17.8. The fraction of sp³-hybridized carbons (Fsp3) is 0.296. The number of halogens is 3. The SMILES string of the molecule is CCOC(=O)c1ccc2c(c1)[C@@H]1[C@H](Cl)[C@H](Sc3ccccc3[N+](=O)[O-])C[C@H]1[C@@H](c1ccc(Cl)cc1Cl)N2. The maximum absolute atomic E-state index is 12.5. The Balaban J connectivity index is 1.57. The number of para-hydroxylation sites is 1. The van der Waals surface area contributed by atoms with E-state index in [-0.39, 0.29) is 51.7 Å². The first kappa shape index (κ1) is 26.2. The second-order valence-corrected chi connectivity index (χ2v) is 11.7. The van der Waals surface area contributed by atoms with Gasteiger partial charge in [0.25, 0.3) is 5.69 Å². The molecule has 1 aliphatic heterocycles. The molecule has 3 aromatic rings. The van der Waals surface area contributed by atoms with Gasteiger partial charge in [0.1, 0.15) is 0 Å². The van der Waals surface area contributed by atoms with Crippen molar-refractivity contribution in [1.82, 2.24) is 0 Å². The lowest BCUT2D eigenvalue weighted by molar-refractivity contribution is -0.387. The van der Waals surface area contributed by atoms with E-state index in [4.69, 9.17) is 39.5 Å². The predicted octanol–water partition coefficient (Wildman–Crippen LogP) is 8.12. The Bertz CT molecular complexity index is 1370. The number of fused-ring (bicyclic) bond motifs is 3. The molecule has 0 saturated heterocycles. The third-order valence-electron chi connectivity index (χ3n) is 6.96. The fourth-order valence-corrected chi connectivity index (χ4v) is 7.86. The molecule has 1 fully saturated rings. The van der Waals surface area contributed by atoms with Gasteiger partial charge in [0, 0.05) is 33.0 Å². The Morgan fingerprint density at radius 3 is 2.65 bits per heavy atom. The fourth-order valence-electron chi connectivity index (χ4n) is 5.39. The van der Waals surface area contributed by atoms with Crippen molar-refractivity contribution in [3.05, 3.63) is 97.5 Å². The molecule has 192 valence electrons. The molecule has 1 aliphatic carbocycles. The van der Waals surface area contributed by atoms with Gasteiger partial charge in [0.15, 0.2) is 0 Å². The zero-order valence-electron chi connectivity index (χ0n) is 19.7. The topological polar surface area (TPSA) is 81.5 Å². The van der Waals surface area contributed by atoms with Crippen molar-refractivity contribution in [3.8, 4) is 0 Å². The summed E-state index contributed by atoms with van der Waals surface area (Å²) in [6.07, 6.45) is 0.690. The number of nitrogens with zero attached hydrogens (tertiary/aromatic N) is 1. The molecule has 0 aromatic heterocycles. The van der Waals surface area contributed by atoms with Crippen LogP contribution in [0.4, 0.5) is 11.4 Å². The van der Waals surface area contributed by atoms with Crippen molar-refractivity contribution >= 4 is 63.9 Å². The van der Waals surface area contributed by atoms with E-state index in [1.165, 1.54) is 17.8 Å². The van der Waals surface area contributed by atoms with Crippen LogP contribution in [0.1, 0.15) is 46.8 Å². The van der Waals surface area contributed by atoms with Crippen LogP contribution in [0.5, 0.6) is 0 Å². The van der Waals surface area contributed by atoms with E-state index in [1.54, 1.807) is 37.3 Å². The number of carbonyl (C=O) groups excluding carboxylic acids is 1. The smallest absolute Gasteiger partial charge is 0.338 e. The number of esters is 1. The van der Waals surface area contributed by atoms with Crippen LogP contribution in [0.3, 0.4) is 0 Å². The molecule has 0 unspecified atom stereocenters. The Kier molecular flexibility index (Phi) is 7.59. The van der Waals surface area contributed by atoms with Gasteiger partial charge >= 0.3 is 5.97 Å². The highest BCUT2D eigenvalue weighted by atomic mass is 35.5. The van der Waals surface area contributed by atoms with Crippen LogP contribution in [-0.4, -0.2) is 28.1 Å². The first-order valence-electron chi connectivity index (χ1n) is 11.8. The van der Waals surface area contributed by atoms with Crippen LogP contribution >= 0.6 is 46.6 Å². The van der Waals surface area contributed by atoms with Gasteiger partial charge in [0.2, 0.25) is 0 Å². The van der Waals surface area contributed by atoms with Gasteiger partial charge in [-0.3, -0.25) is 10.1 Å². The van der Waals surface area contributed by atoms with Gasteiger partial charge in [-0.05, 0) is 66.8 Å². The monoisotopic (exact) mass is 576 g/mol. The van der Waals surface area contributed by atoms with Crippen molar-refractivity contribution in [2.45, 2.75) is 40.8 Å². The van der Waals surface area contributed by atoms with E-state index in [0.717, 1.165) is 16.8 Å². The highest BCUT2D eigenvalue weighted by Crippen LogP contribution is 2.58. The molecule has 0 bridgehead atoms. The van der Waals surface area contributed by atoms with Crippen LogP contribution in [-0.2, 0) is 4.74 Å². The second-order valence-electron chi connectivity index (χ2n) is 9.06. The molecule has 5 rings (SSSR count).